The summed E-state index contributed by atoms with van der Waals surface area (Å²) in [6.45, 7) is 6.35. The Morgan fingerprint density at radius 2 is 2.00 bits per heavy atom. The second-order valence-corrected chi connectivity index (χ2v) is 7.88. The fourth-order valence-corrected chi connectivity index (χ4v) is 4.04. The SMILES string of the molecule is CCOc1cc(C(=O)NCCN2c3ccccc3CC2C)ccc1OCc1cccnc1. The maximum atomic E-state index is 12.8. The van der Waals surface area contributed by atoms with Gasteiger partial charge in [0.2, 0.25) is 0 Å². The summed E-state index contributed by atoms with van der Waals surface area (Å²) in [5, 5.41) is 3.04. The van der Waals surface area contributed by atoms with Crippen molar-refractivity contribution >= 4 is 11.6 Å². The Bertz CT molecular complexity index is 1060. The van der Waals surface area contributed by atoms with E-state index in [9.17, 15) is 4.79 Å². The largest absolute Gasteiger partial charge is 0.490 e. The summed E-state index contributed by atoms with van der Waals surface area (Å²) < 4.78 is 11.6. The number of para-hydroxylation sites is 1. The molecule has 6 nitrogen and oxygen atoms in total. The number of hydrogen-bond acceptors (Lipinski definition) is 5. The number of nitrogens with zero attached hydrogens (tertiary/aromatic N) is 2. The van der Waals surface area contributed by atoms with Crippen molar-refractivity contribution in [3.63, 3.8) is 0 Å². The summed E-state index contributed by atoms with van der Waals surface area (Å²) in [5.41, 5.74) is 4.16. The Morgan fingerprint density at radius 3 is 2.81 bits per heavy atom. The summed E-state index contributed by atoms with van der Waals surface area (Å²) in [5.74, 6) is 1.05. The molecular weight excluding hydrogens is 402 g/mol. The van der Waals surface area contributed by atoms with E-state index in [4.69, 9.17) is 9.47 Å². The average Bonchev–Trinajstić information content (AvgIpc) is 3.14. The number of carbonyl (C=O) groups is 1. The molecule has 1 aliphatic heterocycles. The molecule has 1 aromatic heterocycles. The molecule has 0 saturated carbocycles. The predicted octanol–water partition coefficient (Wildman–Crippen LogP) is 4.24. The lowest BCUT2D eigenvalue weighted by atomic mass is 10.1. The van der Waals surface area contributed by atoms with Gasteiger partial charge in [-0.2, -0.15) is 0 Å². The minimum Gasteiger partial charge on any atom is -0.490 e. The molecule has 2 heterocycles. The number of fused-ring (bicyclic) bond motifs is 1. The van der Waals surface area contributed by atoms with Crippen LogP contribution >= 0.6 is 0 Å². The number of aromatic nitrogens is 1. The number of pyridine rings is 1. The molecule has 1 N–H and O–H groups in total. The van der Waals surface area contributed by atoms with Crippen molar-refractivity contribution in [2.24, 2.45) is 0 Å². The second-order valence-electron chi connectivity index (χ2n) is 7.88. The molecule has 32 heavy (non-hydrogen) atoms. The van der Waals surface area contributed by atoms with E-state index in [0.29, 0.717) is 42.9 Å². The van der Waals surface area contributed by atoms with Gasteiger partial charge in [0.05, 0.1) is 6.61 Å². The summed E-state index contributed by atoms with van der Waals surface area (Å²) in [7, 11) is 0. The van der Waals surface area contributed by atoms with Crippen molar-refractivity contribution in [3.05, 3.63) is 83.7 Å². The lowest BCUT2D eigenvalue weighted by molar-refractivity contribution is 0.0954. The van der Waals surface area contributed by atoms with Crippen LogP contribution in [-0.2, 0) is 13.0 Å². The van der Waals surface area contributed by atoms with Crippen molar-refractivity contribution in [2.75, 3.05) is 24.6 Å². The first-order valence-corrected chi connectivity index (χ1v) is 11.1. The molecule has 4 rings (SSSR count). The number of amides is 1. The van der Waals surface area contributed by atoms with Gasteiger partial charge in [0.15, 0.2) is 11.5 Å². The third kappa shape index (κ3) is 5.02. The lowest BCUT2D eigenvalue weighted by Gasteiger charge is -2.25. The molecule has 0 fully saturated rings. The maximum absolute atomic E-state index is 12.8. The molecule has 1 atom stereocenters. The molecule has 0 spiro atoms. The molecule has 1 aliphatic rings. The molecule has 1 amide bonds. The summed E-state index contributed by atoms with van der Waals surface area (Å²) >= 11 is 0. The number of benzene rings is 2. The Morgan fingerprint density at radius 1 is 1.12 bits per heavy atom. The van der Waals surface area contributed by atoms with Gasteiger partial charge >= 0.3 is 0 Å². The van der Waals surface area contributed by atoms with Crippen LogP contribution in [-0.4, -0.2) is 36.6 Å². The number of rotatable bonds is 9. The third-order valence-electron chi connectivity index (χ3n) is 5.61. The highest BCUT2D eigenvalue weighted by Gasteiger charge is 2.25. The van der Waals surface area contributed by atoms with Crippen LogP contribution in [0, 0.1) is 0 Å². The monoisotopic (exact) mass is 431 g/mol. The van der Waals surface area contributed by atoms with Crippen molar-refractivity contribution in [1.29, 1.82) is 0 Å². The summed E-state index contributed by atoms with van der Waals surface area (Å²) in [4.78, 5) is 19.2. The van der Waals surface area contributed by atoms with Gasteiger partial charge in [-0.25, -0.2) is 0 Å². The van der Waals surface area contributed by atoms with Crippen LogP contribution in [0.5, 0.6) is 11.5 Å². The first kappa shape index (κ1) is 21.7. The molecule has 0 radical (unpaired) electrons. The first-order valence-electron chi connectivity index (χ1n) is 11.1. The zero-order chi connectivity index (χ0) is 22.3. The van der Waals surface area contributed by atoms with E-state index in [1.54, 1.807) is 30.6 Å². The summed E-state index contributed by atoms with van der Waals surface area (Å²) in [6, 6.07) is 18.0. The van der Waals surface area contributed by atoms with Gasteiger partial charge in [0, 0.05) is 48.3 Å². The van der Waals surface area contributed by atoms with Crippen molar-refractivity contribution < 1.29 is 14.3 Å². The number of nitrogens with one attached hydrogen (secondary N) is 1. The fraction of sp³-hybridized carbons (Fsp3) is 0.308. The highest BCUT2D eigenvalue weighted by Crippen LogP contribution is 2.31. The Kier molecular flexibility index (Phi) is 6.90. The van der Waals surface area contributed by atoms with Crippen molar-refractivity contribution in [3.8, 4) is 11.5 Å². The number of hydrogen-bond donors (Lipinski definition) is 1. The Balaban J connectivity index is 1.36. The van der Waals surface area contributed by atoms with Crippen molar-refractivity contribution in [2.45, 2.75) is 32.9 Å². The van der Waals surface area contributed by atoms with E-state index in [0.717, 1.165) is 18.5 Å². The van der Waals surface area contributed by atoms with E-state index < -0.39 is 0 Å². The zero-order valence-corrected chi connectivity index (χ0v) is 18.6. The van der Waals surface area contributed by atoms with Gasteiger partial charge in [-0.1, -0.05) is 24.3 Å². The molecule has 0 bridgehead atoms. The van der Waals surface area contributed by atoms with E-state index in [1.807, 2.05) is 19.1 Å². The molecule has 1 unspecified atom stereocenters. The van der Waals surface area contributed by atoms with Gasteiger partial charge < -0.3 is 19.7 Å². The quantitative estimate of drug-likeness (QED) is 0.549. The fourth-order valence-electron chi connectivity index (χ4n) is 4.04. The van der Waals surface area contributed by atoms with Crippen LogP contribution in [0.4, 0.5) is 5.69 Å². The minimum atomic E-state index is -0.120. The standard InChI is InChI=1S/C26H29N3O3/c1-3-31-25-16-22(10-11-24(25)32-18-20-7-6-12-27-17-20)26(30)28-13-14-29-19(2)15-21-8-4-5-9-23(21)29/h4-12,16-17,19H,3,13-15,18H2,1-2H3,(H,28,30). The molecule has 0 saturated heterocycles. The summed E-state index contributed by atoms with van der Waals surface area (Å²) in [6.07, 6.45) is 4.54. The molecule has 0 aliphatic carbocycles. The first-order chi connectivity index (χ1) is 15.7. The van der Waals surface area contributed by atoms with Gasteiger partial charge in [-0.15, -0.1) is 0 Å². The number of carbonyl (C=O) groups excluding carboxylic acids is 1. The van der Waals surface area contributed by atoms with Crippen LogP contribution in [0.25, 0.3) is 0 Å². The van der Waals surface area contributed by atoms with Crippen LogP contribution < -0.4 is 19.7 Å². The second kappa shape index (κ2) is 10.2. The minimum absolute atomic E-state index is 0.120. The van der Waals surface area contributed by atoms with Crippen LogP contribution in [0.1, 0.15) is 35.3 Å². The van der Waals surface area contributed by atoms with Gasteiger partial charge in [0.25, 0.3) is 5.91 Å². The molecular formula is C26H29N3O3. The highest BCUT2D eigenvalue weighted by atomic mass is 16.5. The van der Waals surface area contributed by atoms with Crippen LogP contribution in [0.2, 0.25) is 0 Å². The molecule has 166 valence electrons. The van der Waals surface area contributed by atoms with E-state index in [1.165, 1.54) is 11.3 Å². The maximum Gasteiger partial charge on any atom is 0.251 e. The van der Waals surface area contributed by atoms with Crippen LogP contribution in [0.15, 0.2) is 67.0 Å². The van der Waals surface area contributed by atoms with E-state index >= 15 is 0 Å². The van der Waals surface area contributed by atoms with E-state index in [2.05, 4.69) is 46.4 Å². The number of anilines is 1. The highest BCUT2D eigenvalue weighted by molar-refractivity contribution is 5.94. The zero-order valence-electron chi connectivity index (χ0n) is 18.6. The Labute approximate surface area is 189 Å². The molecule has 3 aromatic rings. The van der Waals surface area contributed by atoms with Gasteiger partial charge in [0.1, 0.15) is 6.61 Å². The molecule has 2 aromatic carbocycles. The van der Waals surface area contributed by atoms with E-state index in [-0.39, 0.29) is 5.91 Å². The van der Waals surface area contributed by atoms with Crippen LogP contribution in [0.3, 0.4) is 0 Å². The molecule has 6 heteroatoms. The topological polar surface area (TPSA) is 63.7 Å². The predicted molar refractivity (Wildman–Crippen MR) is 125 cm³/mol. The number of ether oxygens (including phenoxy) is 2. The normalized spacial score (nSPS) is 14.7. The van der Waals surface area contributed by atoms with Gasteiger partial charge in [-0.3, -0.25) is 9.78 Å². The van der Waals surface area contributed by atoms with Crippen molar-refractivity contribution in [1.82, 2.24) is 10.3 Å². The third-order valence-corrected chi connectivity index (χ3v) is 5.61. The average molecular weight is 432 g/mol. The Hall–Kier alpha value is -3.54. The smallest absolute Gasteiger partial charge is 0.251 e. The lowest BCUT2D eigenvalue weighted by Crippen LogP contribution is -2.37. The van der Waals surface area contributed by atoms with Gasteiger partial charge in [-0.05, 0) is 56.2 Å².